The average Bonchev–Trinajstić information content (AvgIpc) is 3.55. The number of nitrogens with zero attached hydrogens (tertiary/aromatic N) is 1. The van der Waals surface area contributed by atoms with E-state index in [1.54, 1.807) is 0 Å². The maximum absolute atomic E-state index is 3.98. The Morgan fingerprint density at radius 3 is 1.84 bits per heavy atom. The van der Waals surface area contributed by atoms with Crippen molar-refractivity contribution in [2.45, 2.75) is 44.9 Å². The standard InChI is InChI=1S/C60H50N2/c1-40-15-7-8-18-49(40)58-54-22-11-9-19-50(54)51-20-10-12-23-55(51)59(58)61-45-31-25-42(26-32-45)44-29-35-47(36-30-44)62(46-33-27-43(28-34-46)41-16-5-4-6-17-41)48-37-38-53-52-21-13-14-24-56(52)60(2,3)57(53)39-48/h4-9,11-19,21-40,49,61H,10,20H2,1-3H3. The first-order chi connectivity index (χ1) is 30.4. The Hall–Kier alpha value is -7.16. The van der Waals surface area contributed by atoms with E-state index in [-0.39, 0.29) is 11.3 Å². The molecule has 11 rings (SSSR count). The molecule has 3 aliphatic rings. The average molecular weight is 799 g/mol. The van der Waals surface area contributed by atoms with E-state index in [9.17, 15) is 0 Å². The minimum atomic E-state index is -0.0930. The van der Waals surface area contributed by atoms with Crippen LogP contribution >= 0.6 is 0 Å². The monoisotopic (exact) mass is 798 g/mol. The van der Waals surface area contributed by atoms with E-state index < -0.39 is 0 Å². The summed E-state index contributed by atoms with van der Waals surface area (Å²) in [6, 6.07) is 62.6. The SMILES string of the molecule is CC1C=CC=CC1c1c(Nc2ccc(-c3ccc(N(c4ccc(-c5ccccc5)cc4)c4ccc5c(c4)C(C)(C)c4ccccc4-5)cc3)cc2)c2c(c3ccccc13)CCC=C2. The van der Waals surface area contributed by atoms with Gasteiger partial charge in [0.1, 0.15) is 0 Å². The van der Waals surface area contributed by atoms with Crippen molar-refractivity contribution in [1.82, 2.24) is 0 Å². The second-order valence-corrected chi connectivity index (χ2v) is 17.7. The number of fused-ring (bicyclic) bond motifs is 6. The first-order valence-electron chi connectivity index (χ1n) is 22.2. The van der Waals surface area contributed by atoms with Crippen molar-refractivity contribution in [3.63, 3.8) is 0 Å². The Morgan fingerprint density at radius 2 is 1.13 bits per heavy atom. The van der Waals surface area contributed by atoms with Gasteiger partial charge >= 0.3 is 0 Å². The normalized spacial score (nSPS) is 16.8. The number of benzene rings is 8. The van der Waals surface area contributed by atoms with Gasteiger partial charge < -0.3 is 10.2 Å². The summed E-state index contributed by atoms with van der Waals surface area (Å²) in [4.78, 5) is 2.40. The molecule has 0 fully saturated rings. The molecule has 62 heavy (non-hydrogen) atoms. The van der Waals surface area contributed by atoms with Gasteiger partial charge in [0.25, 0.3) is 0 Å². The summed E-state index contributed by atoms with van der Waals surface area (Å²) in [5.74, 6) is 0.683. The number of aryl methyl sites for hydroxylation is 1. The number of rotatable bonds is 8. The summed E-state index contributed by atoms with van der Waals surface area (Å²) < 4.78 is 0. The Bertz CT molecular complexity index is 3060. The summed E-state index contributed by atoms with van der Waals surface area (Å²) in [5, 5.41) is 6.72. The Kier molecular flexibility index (Phi) is 9.38. The summed E-state index contributed by atoms with van der Waals surface area (Å²) in [6.07, 6.45) is 15.9. The first kappa shape index (κ1) is 37.8. The molecule has 2 heteroatoms. The smallest absolute Gasteiger partial charge is 0.0505 e. The minimum Gasteiger partial charge on any atom is -0.355 e. The van der Waals surface area contributed by atoms with Crippen LogP contribution in [0.5, 0.6) is 0 Å². The lowest BCUT2D eigenvalue weighted by molar-refractivity contribution is 0.640. The lowest BCUT2D eigenvalue weighted by atomic mass is 9.77. The highest BCUT2D eigenvalue weighted by Crippen LogP contribution is 2.51. The van der Waals surface area contributed by atoms with E-state index in [1.165, 1.54) is 77.7 Å². The van der Waals surface area contributed by atoms with Crippen LogP contribution in [0.3, 0.4) is 0 Å². The van der Waals surface area contributed by atoms with Crippen molar-refractivity contribution in [3.05, 3.63) is 228 Å². The van der Waals surface area contributed by atoms with E-state index in [1.807, 2.05) is 0 Å². The van der Waals surface area contributed by atoms with Crippen molar-refractivity contribution in [1.29, 1.82) is 0 Å². The van der Waals surface area contributed by atoms with E-state index in [2.05, 4.69) is 237 Å². The van der Waals surface area contributed by atoms with Gasteiger partial charge in [0.05, 0.1) is 5.69 Å². The lowest BCUT2D eigenvalue weighted by Gasteiger charge is -2.30. The second kappa shape index (κ2) is 15.4. The molecule has 0 heterocycles. The maximum Gasteiger partial charge on any atom is 0.0505 e. The van der Waals surface area contributed by atoms with Crippen LogP contribution in [0.25, 0.3) is 50.2 Å². The number of allylic oxidation sites excluding steroid dienone is 5. The van der Waals surface area contributed by atoms with Crippen LogP contribution in [0.15, 0.2) is 200 Å². The highest BCUT2D eigenvalue weighted by molar-refractivity contribution is 6.00. The van der Waals surface area contributed by atoms with E-state index in [0.29, 0.717) is 5.92 Å². The number of anilines is 5. The molecular weight excluding hydrogens is 749 g/mol. The summed E-state index contributed by atoms with van der Waals surface area (Å²) >= 11 is 0. The molecule has 0 spiro atoms. The lowest BCUT2D eigenvalue weighted by Crippen LogP contribution is -2.16. The molecule has 0 amide bonds. The summed E-state index contributed by atoms with van der Waals surface area (Å²) in [6.45, 7) is 7.05. The van der Waals surface area contributed by atoms with Crippen LogP contribution in [0.4, 0.5) is 28.4 Å². The van der Waals surface area contributed by atoms with Crippen LogP contribution in [0.1, 0.15) is 60.9 Å². The zero-order valence-corrected chi connectivity index (χ0v) is 35.6. The minimum absolute atomic E-state index is 0.0930. The van der Waals surface area contributed by atoms with Crippen LogP contribution in [-0.2, 0) is 11.8 Å². The molecule has 8 aromatic rings. The Balaban J connectivity index is 0.935. The van der Waals surface area contributed by atoms with Crippen molar-refractivity contribution in [2.24, 2.45) is 5.92 Å². The Morgan fingerprint density at radius 1 is 0.548 bits per heavy atom. The van der Waals surface area contributed by atoms with Gasteiger partial charge in [0, 0.05) is 39.6 Å². The van der Waals surface area contributed by atoms with Gasteiger partial charge in [-0.2, -0.15) is 0 Å². The highest BCUT2D eigenvalue weighted by Gasteiger charge is 2.36. The van der Waals surface area contributed by atoms with Gasteiger partial charge in [-0.15, -0.1) is 0 Å². The van der Waals surface area contributed by atoms with Crippen molar-refractivity contribution in [3.8, 4) is 33.4 Å². The fourth-order valence-electron chi connectivity index (χ4n) is 10.4. The molecule has 0 radical (unpaired) electrons. The molecule has 0 saturated heterocycles. The fourth-order valence-corrected chi connectivity index (χ4v) is 10.4. The number of hydrogen-bond acceptors (Lipinski definition) is 2. The molecular formula is C60H50N2. The van der Waals surface area contributed by atoms with E-state index in [0.717, 1.165) is 35.6 Å². The molecule has 2 atom stereocenters. The molecule has 0 aromatic heterocycles. The summed E-state index contributed by atoms with van der Waals surface area (Å²) in [7, 11) is 0. The zero-order chi connectivity index (χ0) is 41.8. The van der Waals surface area contributed by atoms with Gasteiger partial charge in [-0.1, -0.05) is 179 Å². The molecule has 0 aliphatic heterocycles. The van der Waals surface area contributed by atoms with Crippen molar-refractivity contribution >= 4 is 45.3 Å². The van der Waals surface area contributed by atoms with Crippen molar-refractivity contribution in [2.75, 3.05) is 10.2 Å². The third-order valence-electron chi connectivity index (χ3n) is 13.7. The predicted octanol–water partition coefficient (Wildman–Crippen LogP) is 16.5. The van der Waals surface area contributed by atoms with Crippen LogP contribution in [-0.4, -0.2) is 0 Å². The van der Waals surface area contributed by atoms with Crippen molar-refractivity contribution < 1.29 is 0 Å². The third-order valence-corrected chi connectivity index (χ3v) is 13.7. The quantitative estimate of drug-likeness (QED) is 0.165. The maximum atomic E-state index is 3.98. The number of hydrogen-bond donors (Lipinski definition) is 1. The molecule has 1 N–H and O–H groups in total. The number of nitrogens with one attached hydrogen (secondary N) is 1. The topological polar surface area (TPSA) is 15.3 Å². The molecule has 2 nitrogen and oxygen atoms in total. The molecule has 0 bridgehead atoms. The Labute approximate surface area is 366 Å². The largest absolute Gasteiger partial charge is 0.355 e. The third kappa shape index (κ3) is 6.50. The van der Waals surface area contributed by atoms with Crippen LogP contribution in [0, 0.1) is 5.92 Å². The van der Waals surface area contributed by atoms with Gasteiger partial charge in [-0.05, 0) is 134 Å². The van der Waals surface area contributed by atoms with Gasteiger partial charge in [-0.3, -0.25) is 0 Å². The molecule has 300 valence electrons. The van der Waals surface area contributed by atoms with Crippen LogP contribution < -0.4 is 10.2 Å². The van der Waals surface area contributed by atoms with Gasteiger partial charge in [0.2, 0.25) is 0 Å². The zero-order valence-electron chi connectivity index (χ0n) is 35.6. The summed E-state index contributed by atoms with van der Waals surface area (Å²) in [5.41, 5.74) is 20.0. The first-order valence-corrected chi connectivity index (χ1v) is 22.2. The van der Waals surface area contributed by atoms with E-state index in [4.69, 9.17) is 0 Å². The van der Waals surface area contributed by atoms with Gasteiger partial charge in [-0.25, -0.2) is 0 Å². The molecule has 2 unspecified atom stereocenters. The second-order valence-electron chi connectivity index (χ2n) is 17.7. The predicted molar refractivity (Wildman–Crippen MR) is 264 cm³/mol. The highest BCUT2D eigenvalue weighted by atomic mass is 15.1. The van der Waals surface area contributed by atoms with E-state index >= 15 is 0 Å². The van der Waals surface area contributed by atoms with Crippen LogP contribution in [0.2, 0.25) is 0 Å². The molecule has 8 aromatic carbocycles. The van der Waals surface area contributed by atoms with Gasteiger partial charge in [0.15, 0.2) is 0 Å². The molecule has 3 aliphatic carbocycles. The fraction of sp³-hybridized carbons (Fsp3) is 0.133. The molecule has 0 saturated carbocycles.